The van der Waals surface area contributed by atoms with Crippen LogP contribution in [0, 0.1) is 5.92 Å². The molecule has 3 unspecified atom stereocenters. The van der Waals surface area contributed by atoms with Crippen molar-refractivity contribution in [1.29, 1.82) is 0 Å². The summed E-state index contributed by atoms with van der Waals surface area (Å²) < 4.78 is 5.12. The number of aliphatic hydroxyl groups is 2. The van der Waals surface area contributed by atoms with Gasteiger partial charge < -0.3 is 14.9 Å². The highest BCUT2D eigenvalue weighted by molar-refractivity contribution is 4.77. The summed E-state index contributed by atoms with van der Waals surface area (Å²) in [6.45, 7) is 7.95. The molecule has 13 heavy (non-hydrogen) atoms. The molecule has 0 aromatic heterocycles. The largest absolute Gasteiger partial charge is 0.388 e. The molecule has 80 valence electrons. The first-order valence-corrected chi connectivity index (χ1v) is 5.16. The maximum absolute atomic E-state index is 9.28. The molecule has 3 heteroatoms. The fraction of sp³-hybridized carbons (Fsp3) is 1.00. The Kier molecular flexibility index (Phi) is 6.29. The Hall–Kier alpha value is -0.120. The normalized spacial score (nSPS) is 39.2. The minimum atomic E-state index is -0.983. The molecule has 1 rings (SSSR count). The summed E-state index contributed by atoms with van der Waals surface area (Å²) in [7, 11) is 0. The van der Waals surface area contributed by atoms with Gasteiger partial charge in [-0.25, -0.2) is 0 Å². The minimum absolute atomic E-state index is 0.114. The van der Waals surface area contributed by atoms with Crippen molar-refractivity contribution in [2.45, 2.75) is 59.0 Å². The summed E-state index contributed by atoms with van der Waals surface area (Å²) >= 11 is 0. The summed E-state index contributed by atoms with van der Waals surface area (Å²) in [5, 5.41) is 18.5. The van der Waals surface area contributed by atoms with Crippen LogP contribution in [0.2, 0.25) is 0 Å². The van der Waals surface area contributed by atoms with Gasteiger partial charge >= 0.3 is 0 Å². The van der Waals surface area contributed by atoms with Crippen molar-refractivity contribution in [1.82, 2.24) is 0 Å². The summed E-state index contributed by atoms with van der Waals surface area (Å²) in [6.07, 6.45) is 0.160. The maximum atomic E-state index is 9.28. The average molecular weight is 190 g/mol. The van der Waals surface area contributed by atoms with Crippen LogP contribution in [0.25, 0.3) is 0 Å². The van der Waals surface area contributed by atoms with Gasteiger partial charge in [0, 0.05) is 0 Å². The van der Waals surface area contributed by atoms with E-state index < -0.39 is 12.4 Å². The molecule has 0 aromatic rings. The van der Waals surface area contributed by atoms with Gasteiger partial charge in [-0.2, -0.15) is 0 Å². The number of rotatable bonds is 1. The highest BCUT2D eigenvalue weighted by Crippen LogP contribution is 2.25. The van der Waals surface area contributed by atoms with Gasteiger partial charge in [0.25, 0.3) is 0 Å². The molecule has 0 aromatic carbocycles. The summed E-state index contributed by atoms with van der Waals surface area (Å²) in [5.74, 6) is 0.142. The molecular weight excluding hydrogens is 168 g/mol. The Balaban J connectivity index is 0.000000671. The van der Waals surface area contributed by atoms with E-state index in [1.54, 1.807) is 0 Å². The van der Waals surface area contributed by atoms with Crippen molar-refractivity contribution in [2.24, 2.45) is 5.92 Å². The first-order chi connectivity index (χ1) is 6.15. The number of hydrogen-bond acceptors (Lipinski definition) is 3. The molecule has 1 aliphatic heterocycles. The van der Waals surface area contributed by atoms with Gasteiger partial charge in [-0.1, -0.05) is 27.7 Å². The molecule has 2 N–H and O–H groups in total. The second-order valence-electron chi connectivity index (χ2n) is 3.26. The van der Waals surface area contributed by atoms with Crippen molar-refractivity contribution < 1.29 is 14.9 Å². The SMILES string of the molecule is CC.CC[C@H]1CC(C)C(O)C(O)O1. The second-order valence-corrected chi connectivity index (χ2v) is 3.26. The van der Waals surface area contributed by atoms with E-state index in [0.717, 1.165) is 12.8 Å². The van der Waals surface area contributed by atoms with Crippen LogP contribution in [0.15, 0.2) is 0 Å². The zero-order valence-corrected chi connectivity index (χ0v) is 9.03. The maximum Gasteiger partial charge on any atom is 0.181 e. The number of ether oxygens (including phenoxy) is 1. The van der Waals surface area contributed by atoms with Crippen LogP contribution in [0.1, 0.15) is 40.5 Å². The molecule has 1 fully saturated rings. The van der Waals surface area contributed by atoms with Crippen molar-refractivity contribution in [3.8, 4) is 0 Å². The van der Waals surface area contributed by atoms with E-state index in [9.17, 15) is 10.2 Å². The Labute approximate surface area is 80.7 Å². The molecule has 0 amide bonds. The van der Waals surface area contributed by atoms with Gasteiger partial charge in [-0.15, -0.1) is 0 Å². The van der Waals surface area contributed by atoms with Crippen LogP contribution in [0.4, 0.5) is 0 Å². The van der Waals surface area contributed by atoms with Crippen LogP contribution in [0.5, 0.6) is 0 Å². The van der Waals surface area contributed by atoms with E-state index in [0.29, 0.717) is 0 Å². The lowest BCUT2D eigenvalue weighted by molar-refractivity contribution is -0.231. The Bertz CT molecular complexity index is 115. The number of hydrogen-bond donors (Lipinski definition) is 2. The van der Waals surface area contributed by atoms with E-state index in [1.165, 1.54) is 0 Å². The van der Waals surface area contributed by atoms with E-state index in [-0.39, 0.29) is 12.0 Å². The van der Waals surface area contributed by atoms with E-state index in [4.69, 9.17) is 4.74 Å². The molecular formula is C10H22O3. The monoisotopic (exact) mass is 190 g/mol. The lowest BCUT2D eigenvalue weighted by Crippen LogP contribution is -2.43. The summed E-state index contributed by atoms with van der Waals surface area (Å²) in [5.41, 5.74) is 0. The van der Waals surface area contributed by atoms with Gasteiger partial charge in [0.15, 0.2) is 6.29 Å². The molecule has 0 aliphatic carbocycles. The smallest absolute Gasteiger partial charge is 0.181 e. The van der Waals surface area contributed by atoms with Crippen LogP contribution >= 0.6 is 0 Å². The fourth-order valence-corrected chi connectivity index (χ4v) is 1.43. The van der Waals surface area contributed by atoms with Crippen LogP contribution in [-0.2, 0) is 4.74 Å². The third-order valence-corrected chi connectivity index (χ3v) is 2.30. The van der Waals surface area contributed by atoms with E-state index >= 15 is 0 Å². The Morgan fingerprint density at radius 1 is 1.31 bits per heavy atom. The molecule has 3 nitrogen and oxygen atoms in total. The third-order valence-electron chi connectivity index (χ3n) is 2.30. The highest BCUT2D eigenvalue weighted by atomic mass is 16.6. The molecule has 0 spiro atoms. The van der Waals surface area contributed by atoms with E-state index in [2.05, 4.69) is 0 Å². The molecule has 0 radical (unpaired) electrons. The van der Waals surface area contributed by atoms with Crippen molar-refractivity contribution >= 4 is 0 Å². The number of aliphatic hydroxyl groups excluding tert-OH is 2. The quantitative estimate of drug-likeness (QED) is 0.659. The van der Waals surface area contributed by atoms with Crippen LogP contribution in [-0.4, -0.2) is 28.7 Å². The van der Waals surface area contributed by atoms with Crippen LogP contribution < -0.4 is 0 Å². The summed E-state index contributed by atoms with van der Waals surface area (Å²) in [6, 6.07) is 0. The van der Waals surface area contributed by atoms with Crippen molar-refractivity contribution in [3.05, 3.63) is 0 Å². The zero-order valence-electron chi connectivity index (χ0n) is 9.03. The van der Waals surface area contributed by atoms with Crippen molar-refractivity contribution in [2.75, 3.05) is 0 Å². The van der Waals surface area contributed by atoms with Gasteiger partial charge in [0.05, 0.1) is 6.10 Å². The first kappa shape index (κ1) is 12.9. The van der Waals surface area contributed by atoms with Gasteiger partial charge in [0.1, 0.15) is 6.10 Å². The fourth-order valence-electron chi connectivity index (χ4n) is 1.43. The molecule has 1 heterocycles. The highest BCUT2D eigenvalue weighted by Gasteiger charge is 2.32. The summed E-state index contributed by atoms with van der Waals surface area (Å²) in [4.78, 5) is 0. The third kappa shape index (κ3) is 3.63. The molecule has 1 saturated heterocycles. The molecule has 0 saturated carbocycles. The van der Waals surface area contributed by atoms with Crippen molar-refractivity contribution in [3.63, 3.8) is 0 Å². The standard InChI is InChI=1S/C8H16O3.C2H6/c1-3-6-4-5(2)7(9)8(10)11-6;1-2/h5-10H,3-4H2,1-2H3;1-2H3/t5?,6-,7?,8?;/m0./s1. The van der Waals surface area contributed by atoms with Gasteiger partial charge in [-0.3, -0.25) is 0 Å². The first-order valence-electron chi connectivity index (χ1n) is 5.16. The lowest BCUT2D eigenvalue weighted by Gasteiger charge is -2.34. The predicted octanol–water partition coefficient (Wildman–Crippen LogP) is 1.53. The molecule has 0 bridgehead atoms. The predicted molar refractivity (Wildman–Crippen MR) is 52.3 cm³/mol. The second kappa shape index (κ2) is 6.35. The zero-order chi connectivity index (χ0) is 10.4. The molecule has 1 aliphatic rings. The lowest BCUT2D eigenvalue weighted by atomic mass is 9.93. The Morgan fingerprint density at radius 2 is 1.85 bits per heavy atom. The average Bonchev–Trinajstić information content (AvgIpc) is 2.16. The van der Waals surface area contributed by atoms with Gasteiger partial charge in [0.2, 0.25) is 0 Å². The minimum Gasteiger partial charge on any atom is -0.388 e. The van der Waals surface area contributed by atoms with Crippen LogP contribution in [0.3, 0.4) is 0 Å². The molecule has 4 atom stereocenters. The Morgan fingerprint density at radius 3 is 2.23 bits per heavy atom. The topological polar surface area (TPSA) is 49.7 Å². The van der Waals surface area contributed by atoms with Gasteiger partial charge in [-0.05, 0) is 18.8 Å². The van der Waals surface area contributed by atoms with E-state index in [1.807, 2.05) is 27.7 Å².